The van der Waals surface area contributed by atoms with Crippen molar-refractivity contribution < 1.29 is 9.59 Å². The maximum Gasteiger partial charge on any atom is 0.258 e. The molecule has 7 N–H and O–H groups in total. The van der Waals surface area contributed by atoms with E-state index in [0.29, 0.717) is 22.6 Å². The zero-order valence-electron chi connectivity index (χ0n) is 19.8. The topological polar surface area (TPSA) is 160 Å². The number of amides is 2. The number of rotatable bonds is 6. The molecule has 2 atom stereocenters. The monoisotopic (exact) mass is 474 g/mol. The summed E-state index contributed by atoms with van der Waals surface area (Å²) in [5, 5.41) is 9.85. The van der Waals surface area contributed by atoms with Gasteiger partial charge in [0.25, 0.3) is 5.91 Å². The maximum absolute atomic E-state index is 12.9. The van der Waals surface area contributed by atoms with Crippen LogP contribution in [0.5, 0.6) is 0 Å². The Hall–Kier alpha value is -4.21. The van der Waals surface area contributed by atoms with Gasteiger partial charge in [-0.2, -0.15) is 4.98 Å². The summed E-state index contributed by atoms with van der Waals surface area (Å²) in [4.78, 5) is 37.7. The van der Waals surface area contributed by atoms with Gasteiger partial charge in [-0.15, -0.1) is 0 Å². The zero-order valence-corrected chi connectivity index (χ0v) is 19.8. The molecule has 2 aromatic carbocycles. The lowest BCUT2D eigenvalue weighted by Gasteiger charge is -2.30. The number of carbonyl (C=O) groups excluding carboxylic acids is 2. The second-order valence-electron chi connectivity index (χ2n) is 8.79. The van der Waals surface area contributed by atoms with Crippen molar-refractivity contribution in [2.24, 2.45) is 16.5 Å². The summed E-state index contributed by atoms with van der Waals surface area (Å²) in [7, 11) is 0. The third-order valence-electron chi connectivity index (χ3n) is 5.91. The molecule has 3 aromatic rings. The van der Waals surface area contributed by atoms with Crippen LogP contribution in [-0.2, 0) is 4.79 Å². The molecule has 10 nitrogen and oxygen atoms in total. The molecule has 35 heavy (non-hydrogen) atoms. The number of benzene rings is 2. The smallest absolute Gasteiger partial charge is 0.258 e. The van der Waals surface area contributed by atoms with Crippen LogP contribution in [0.3, 0.4) is 0 Å². The lowest BCUT2D eigenvalue weighted by atomic mass is 9.90. The van der Waals surface area contributed by atoms with Crippen LogP contribution < -0.4 is 27.4 Å². The lowest BCUT2D eigenvalue weighted by molar-refractivity contribution is -0.114. The predicted molar refractivity (Wildman–Crippen MR) is 138 cm³/mol. The van der Waals surface area contributed by atoms with E-state index >= 15 is 0 Å². The SMILES string of the molecule is CC(=O)Nc1ccc(C(=O)Nc2nc(NC3CCCCC3N=C(N)N)c3cc(C)ccc3n2)cc1. The second-order valence-corrected chi connectivity index (χ2v) is 8.79. The molecular weight excluding hydrogens is 444 g/mol. The Kier molecular flexibility index (Phi) is 7.09. The number of hydrogen-bond acceptors (Lipinski definition) is 6. The number of fused-ring (bicyclic) bond motifs is 1. The highest BCUT2D eigenvalue weighted by molar-refractivity contribution is 6.04. The van der Waals surface area contributed by atoms with E-state index in [1.165, 1.54) is 6.92 Å². The van der Waals surface area contributed by atoms with E-state index in [1.807, 2.05) is 25.1 Å². The molecule has 182 valence electrons. The summed E-state index contributed by atoms with van der Waals surface area (Å²) in [5.74, 6) is 0.353. The largest absolute Gasteiger partial charge is 0.370 e. The Morgan fingerprint density at radius 2 is 1.74 bits per heavy atom. The quantitative estimate of drug-likeness (QED) is 0.271. The van der Waals surface area contributed by atoms with Crippen LogP contribution in [0, 0.1) is 6.92 Å². The number of guanidine groups is 1. The van der Waals surface area contributed by atoms with Crippen molar-refractivity contribution in [1.82, 2.24) is 9.97 Å². The molecule has 1 aromatic heterocycles. The molecule has 0 radical (unpaired) electrons. The number of carbonyl (C=O) groups is 2. The zero-order chi connectivity index (χ0) is 24.9. The molecule has 1 heterocycles. The van der Waals surface area contributed by atoms with Crippen LogP contribution >= 0.6 is 0 Å². The number of anilines is 3. The van der Waals surface area contributed by atoms with E-state index in [4.69, 9.17) is 11.5 Å². The van der Waals surface area contributed by atoms with Crippen molar-refractivity contribution in [3.63, 3.8) is 0 Å². The van der Waals surface area contributed by atoms with Gasteiger partial charge in [0.05, 0.1) is 17.6 Å². The Labute approximate surface area is 203 Å². The van der Waals surface area contributed by atoms with Crippen molar-refractivity contribution in [3.8, 4) is 0 Å². The van der Waals surface area contributed by atoms with Gasteiger partial charge in [-0.1, -0.05) is 24.5 Å². The van der Waals surface area contributed by atoms with Gasteiger partial charge in [0, 0.05) is 23.6 Å². The fourth-order valence-corrected chi connectivity index (χ4v) is 4.29. The Morgan fingerprint density at radius 3 is 2.46 bits per heavy atom. The minimum atomic E-state index is -0.354. The molecule has 0 spiro atoms. The van der Waals surface area contributed by atoms with Gasteiger partial charge in [-0.3, -0.25) is 14.9 Å². The van der Waals surface area contributed by atoms with E-state index in [-0.39, 0.29) is 35.8 Å². The molecule has 1 fully saturated rings. The summed E-state index contributed by atoms with van der Waals surface area (Å²) >= 11 is 0. The minimum Gasteiger partial charge on any atom is -0.370 e. The first-order valence-electron chi connectivity index (χ1n) is 11.6. The van der Waals surface area contributed by atoms with E-state index in [9.17, 15) is 9.59 Å². The number of hydrogen-bond donors (Lipinski definition) is 5. The number of nitrogens with one attached hydrogen (secondary N) is 3. The van der Waals surface area contributed by atoms with Gasteiger partial charge in [0.1, 0.15) is 5.82 Å². The summed E-state index contributed by atoms with van der Waals surface area (Å²) in [6.45, 7) is 3.43. The number of nitrogens with zero attached hydrogens (tertiary/aromatic N) is 3. The Morgan fingerprint density at radius 1 is 1.00 bits per heavy atom. The van der Waals surface area contributed by atoms with Crippen LogP contribution in [0.4, 0.5) is 17.5 Å². The molecule has 4 rings (SSSR count). The molecule has 10 heteroatoms. The summed E-state index contributed by atoms with van der Waals surface area (Å²) < 4.78 is 0. The maximum atomic E-state index is 12.9. The average Bonchev–Trinajstić information content (AvgIpc) is 2.80. The highest BCUT2D eigenvalue weighted by atomic mass is 16.2. The van der Waals surface area contributed by atoms with Crippen molar-refractivity contribution in [2.45, 2.75) is 51.6 Å². The van der Waals surface area contributed by atoms with E-state index in [0.717, 1.165) is 36.6 Å². The highest BCUT2D eigenvalue weighted by Gasteiger charge is 2.26. The first-order chi connectivity index (χ1) is 16.8. The van der Waals surface area contributed by atoms with Crippen LogP contribution in [0.2, 0.25) is 0 Å². The molecule has 2 amide bonds. The molecule has 2 unspecified atom stereocenters. The first-order valence-corrected chi connectivity index (χ1v) is 11.6. The average molecular weight is 475 g/mol. The number of nitrogens with two attached hydrogens (primary N) is 2. The standard InChI is InChI=1S/C25H30N8O2/c1-14-7-12-19-18(13-14)22(29-20-5-3-4-6-21(20)30-24(26)27)32-25(31-19)33-23(35)16-8-10-17(11-9-16)28-15(2)34/h7-13,20-21H,3-6H2,1-2H3,(H,28,34)(H4,26,27,30)(H2,29,31,32,33,35). The van der Waals surface area contributed by atoms with Gasteiger partial charge >= 0.3 is 0 Å². The van der Waals surface area contributed by atoms with Crippen molar-refractivity contribution in [3.05, 3.63) is 53.6 Å². The summed E-state index contributed by atoms with van der Waals surface area (Å²) in [5.41, 5.74) is 14.1. The molecule has 1 aliphatic rings. The summed E-state index contributed by atoms with van der Waals surface area (Å²) in [6.07, 6.45) is 3.91. The van der Waals surface area contributed by atoms with E-state index < -0.39 is 0 Å². The van der Waals surface area contributed by atoms with E-state index in [1.54, 1.807) is 24.3 Å². The number of aryl methyl sites for hydroxylation is 1. The van der Waals surface area contributed by atoms with E-state index in [2.05, 4.69) is 30.9 Å². The second kappa shape index (κ2) is 10.4. The molecule has 0 bridgehead atoms. The molecule has 0 aliphatic heterocycles. The summed E-state index contributed by atoms with van der Waals surface area (Å²) in [6, 6.07) is 12.4. The fourth-order valence-electron chi connectivity index (χ4n) is 4.29. The third-order valence-corrected chi connectivity index (χ3v) is 5.91. The van der Waals surface area contributed by atoms with Crippen molar-refractivity contribution >= 4 is 46.1 Å². The van der Waals surface area contributed by atoms with Crippen molar-refractivity contribution in [2.75, 3.05) is 16.0 Å². The van der Waals surface area contributed by atoms with Crippen LogP contribution in [0.15, 0.2) is 47.5 Å². The van der Waals surface area contributed by atoms with Crippen LogP contribution in [0.25, 0.3) is 10.9 Å². The van der Waals surface area contributed by atoms with Crippen LogP contribution in [0.1, 0.15) is 48.5 Å². The third kappa shape index (κ3) is 6.03. The van der Waals surface area contributed by atoms with Gasteiger partial charge in [-0.25, -0.2) is 9.98 Å². The Bertz CT molecular complexity index is 1270. The minimum absolute atomic E-state index is 0.00864. The number of aliphatic imine (C=N–C) groups is 1. The lowest BCUT2D eigenvalue weighted by Crippen LogP contribution is -2.38. The highest BCUT2D eigenvalue weighted by Crippen LogP contribution is 2.29. The van der Waals surface area contributed by atoms with Crippen LogP contribution in [-0.4, -0.2) is 39.8 Å². The molecular formula is C25H30N8O2. The first kappa shape index (κ1) is 23.9. The molecule has 1 aliphatic carbocycles. The molecule has 1 saturated carbocycles. The van der Waals surface area contributed by atoms with Gasteiger partial charge < -0.3 is 22.1 Å². The normalized spacial score (nSPS) is 17.4. The van der Waals surface area contributed by atoms with Gasteiger partial charge in [0.2, 0.25) is 11.9 Å². The van der Waals surface area contributed by atoms with Gasteiger partial charge in [0.15, 0.2) is 5.96 Å². The number of aromatic nitrogens is 2. The predicted octanol–water partition coefficient (Wildman–Crippen LogP) is 3.15. The fraction of sp³-hybridized carbons (Fsp3) is 0.320. The molecule has 0 saturated heterocycles. The Balaban J connectivity index is 1.62. The van der Waals surface area contributed by atoms with Gasteiger partial charge in [-0.05, 0) is 56.2 Å². The van der Waals surface area contributed by atoms with Crippen molar-refractivity contribution in [1.29, 1.82) is 0 Å².